The molecule has 0 spiro atoms. The number of halogens is 1. The van der Waals surface area contributed by atoms with E-state index in [1.807, 2.05) is 6.20 Å². The van der Waals surface area contributed by atoms with E-state index in [0.29, 0.717) is 16.3 Å². The number of rotatable bonds is 3. The van der Waals surface area contributed by atoms with Crippen molar-refractivity contribution in [1.29, 1.82) is 0 Å². The van der Waals surface area contributed by atoms with Gasteiger partial charge < -0.3 is 9.88 Å². The third kappa shape index (κ3) is 3.33. The normalized spacial score (nSPS) is 12.2. The molecule has 4 nitrogen and oxygen atoms in total. The van der Waals surface area contributed by atoms with Crippen molar-refractivity contribution < 1.29 is 9.00 Å². The molecule has 1 amide bonds. The summed E-state index contributed by atoms with van der Waals surface area (Å²) < 4.78 is 14.0. The van der Waals surface area contributed by atoms with Crippen LogP contribution in [0.15, 0.2) is 45.9 Å². The van der Waals surface area contributed by atoms with E-state index < -0.39 is 10.8 Å². The Morgan fingerprint density at radius 3 is 2.68 bits per heavy atom. The topological polar surface area (TPSA) is 51.1 Å². The Labute approximate surface area is 122 Å². The van der Waals surface area contributed by atoms with Gasteiger partial charge in [-0.25, -0.2) is 0 Å². The molecular formula is C13H13BrN2O2S. The molecule has 0 saturated heterocycles. The van der Waals surface area contributed by atoms with Crippen molar-refractivity contribution in [2.75, 3.05) is 11.6 Å². The zero-order valence-electron chi connectivity index (χ0n) is 10.5. The first-order chi connectivity index (χ1) is 8.97. The van der Waals surface area contributed by atoms with E-state index in [-0.39, 0.29) is 5.91 Å². The third-order valence-electron chi connectivity index (χ3n) is 2.63. The van der Waals surface area contributed by atoms with Crippen molar-refractivity contribution in [3.63, 3.8) is 0 Å². The predicted molar refractivity (Wildman–Crippen MR) is 79.8 cm³/mol. The molecule has 0 bridgehead atoms. The van der Waals surface area contributed by atoms with Crippen molar-refractivity contribution in [1.82, 2.24) is 4.57 Å². The minimum atomic E-state index is -1.06. The standard InChI is InChI=1S/C13H13BrN2O2S/c1-16-8-9(14)6-12(16)13(17)15-10-4-3-5-11(7-10)19(2)18/h3-8H,1-2H3,(H,15,17). The average molecular weight is 341 g/mol. The molecule has 0 saturated carbocycles. The second-order valence-electron chi connectivity index (χ2n) is 4.09. The summed E-state index contributed by atoms with van der Waals surface area (Å²) in [7, 11) is 0.740. The van der Waals surface area contributed by atoms with Crippen LogP contribution in [0.3, 0.4) is 0 Å². The summed E-state index contributed by atoms with van der Waals surface area (Å²) in [6, 6.07) is 8.77. The number of anilines is 1. The van der Waals surface area contributed by atoms with Crippen LogP contribution < -0.4 is 5.32 Å². The number of nitrogens with zero attached hydrogens (tertiary/aromatic N) is 1. The van der Waals surface area contributed by atoms with Crippen LogP contribution in [0.1, 0.15) is 10.5 Å². The molecule has 100 valence electrons. The van der Waals surface area contributed by atoms with E-state index in [0.717, 1.165) is 4.47 Å². The fraction of sp³-hybridized carbons (Fsp3) is 0.154. The molecular weight excluding hydrogens is 328 g/mol. The molecule has 19 heavy (non-hydrogen) atoms. The van der Waals surface area contributed by atoms with Crippen LogP contribution >= 0.6 is 15.9 Å². The van der Waals surface area contributed by atoms with Gasteiger partial charge in [-0.1, -0.05) is 6.07 Å². The summed E-state index contributed by atoms with van der Waals surface area (Å²) in [5, 5.41) is 2.79. The first-order valence-corrected chi connectivity index (χ1v) is 7.89. The van der Waals surface area contributed by atoms with Crippen LogP contribution in [0.25, 0.3) is 0 Å². The van der Waals surface area contributed by atoms with Crippen LogP contribution in [0, 0.1) is 0 Å². The maximum atomic E-state index is 12.1. The van der Waals surface area contributed by atoms with E-state index in [2.05, 4.69) is 21.2 Å². The summed E-state index contributed by atoms with van der Waals surface area (Å²) in [5.74, 6) is -0.202. The number of aromatic nitrogens is 1. The number of hydrogen-bond acceptors (Lipinski definition) is 2. The lowest BCUT2D eigenvalue weighted by molar-refractivity contribution is 0.101. The van der Waals surface area contributed by atoms with Crippen LogP contribution in [-0.2, 0) is 17.8 Å². The van der Waals surface area contributed by atoms with Gasteiger partial charge in [-0.3, -0.25) is 9.00 Å². The Bertz CT molecular complexity index is 652. The lowest BCUT2D eigenvalue weighted by Gasteiger charge is -2.07. The molecule has 0 aliphatic rings. The smallest absolute Gasteiger partial charge is 0.272 e. The zero-order chi connectivity index (χ0) is 14.0. The average Bonchev–Trinajstić information content (AvgIpc) is 2.69. The molecule has 1 unspecified atom stereocenters. The van der Waals surface area contributed by atoms with Gasteiger partial charge in [0.1, 0.15) is 5.69 Å². The van der Waals surface area contributed by atoms with Crippen LogP contribution in [0.5, 0.6) is 0 Å². The lowest BCUT2D eigenvalue weighted by Crippen LogP contribution is -2.15. The van der Waals surface area contributed by atoms with Gasteiger partial charge in [-0.05, 0) is 40.2 Å². The number of hydrogen-bond donors (Lipinski definition) is 1. The number of carbonyl (C=O) groups is 1. The van der Waals surface area contributed by atoms with Crippen molar-refractivity contribution in [2.45, 2.75) is 4.90 Å². The maximum absolute atomic E-state index is 12.1. The van der Waals surface area contributed by atoms with Crippen LogP contribution in [-0.4, -0.2) is 20.9 Å². The quantitative estimate of drug-likeness (QED) is 0.933. The lowest BCUT2D eigenvalue weighted by atomic mass is 10.3. The zero-order valence-corrected chi connectivity index (χ0v) is 12.9. The summed E-state index contributed by atoms with van der Waals surface area (Å²) in [6.45, 7) is 0. The molecule has 1 atom stereocenters. The van der Waals surface area contributed by atoms with E-state index in [1.54, 1.807) is 48.2 Å². The molecule has 0 aliphatic carbocycles. The minimum absolute atomic E-state index is 0.202. The van der Waals surface area contributed by atoms with Crippen LogP contribution in [0.4, 0.5) is 5.69 Å². The largest absolute Gasteiger partial charge is 0.345 e. The van der Waals surface area contributed by atoms with Gasteiger partial charge in [0.15, 0.2) is 0 Å². The van der Waals surface area contributed by atoms with Gasteiger partial charge in [0.05, 0.1) is 0 Å². The van der Waals surface area contributed by atoms with E-state index in [4.69, 9.17) is 0 Å². The SMILES string of the molecule is Cn1cc(Br)cc1C(=O)Nc1cccc(S(C)=O)c1. The Morgan fingerprint density at radius 1 is 1.37 bits per heavy atom. The Hall–Kier alpha value is -1.40. The Morgan fingerprint density at radius 2 is 2.11 bits per heavy atom. The van der Waals surface area contributed by atoms with Crippen molar-refractivity contribution in [3.8, 4) is 0 Å². The van der Waals surface area contributed by atoms with E-state index >= 15 is 0 Å². The Kier molecular flexibility index (Phi) is 4.21. The van der Waals surface area contributed by atoms with Crippen molar-refractivity contribution in [2.24, 2.45) is 7.05 Å². The summed E-state index contributed by atoms with van der Waals surface area (Å²) in [4.78, 5) is 12.8. The minimum Gasteiger partial charge on any atom is -0.345 e. The number of nitrogens with one attached hydrogen (secondary N) is 1. The summed E-state index contributed by atoms with van der Waals surface area (Å²) in [5.41, 5.74) is 1.19. The third-order valence-corrected chi connectivity index (χ3v) is 3.98. The summed E-state index contributed by atoms with van der Waals surface area (Å²) >= 11 is 3.33. The van der Waals surface area contributed by atoms with Gasteiger partial charge >= 0.3 is 0 Å². The highest BCUT2D eigenvalue weighted by molar-refractivity contribution is 9.10. The van der Waals surface area contributed by atoms with Crippen LogP contribution in [0.2, 0.25) is 0 Å². The number of carbonyl (C=O) groups excluding carboxylic acids is 1. The summed E-state index contributed by atoms with van der Waals surface area (Å²) in [6.07, 6.45) is 3.42. The molecule has 2 rings (SSSR count). The van der Waals surface area contributed by atoms with E-state index in [1.165, 1.54) is 0 Å². The molecule has 1 aromatic carbocycles. The fourth-order valence-corrected chi connectivity index (χ4v) is 2.78. The monoisotopic (exact) mass is 340 g/mol. The van der Waals surface area contributed by atoms with Gasteiger partial charge in [0, 0.05) is 45.4 Å². The molecule has 2 aromatic rings. The van der Waals surface area contributed by atoms with Gasteiger partial charge in [0.2, 0.25) is 0 Å². The molecule has 0 radical (unpaired) electrons. The first kappa shape index (κ1) is 14.0. The number of amides is 1. The Balaban J connectivity index is 2.21. The first-order valence-electron chi connectivity index (χ1n) is 5.54. The molecule has 6 heteroatoms. The van der Waals surface area contributed by atoms with Gasteiger partial charge in [-0.2, -0.15) is 0 Å². The fourth-order valence-electron chi connectivity index (χ4n) is 1.70. The molecule has 0 aliphatic heterocycles. The number of aryl methyl sites for hydroxylation is 1. The number of benzene rings is 1. The van der Waals surface area contributed by atoms with Gasteiger partial charge in [-0.15, -0.1) is 0 Å². The maximum Gasteiger partial charge on any atom is 0.272 e. The van der Waals surface area contributed by atoms with Gasteiger partial charge in [0.25, 0.3) is 5.91 Å². The highest BCUT2D eigenvalue weighted by atomic mass is 79.9. The second-order valence-corrected chi connectivity index (χ2v) is 6.39. The van der Waals surface area contributed by atoms with Crippen molar-refractivity contribution >= 4 is 38.3 Å². The molecule has 0 fully saturated rings. The highest BCUT2D eigenvalue weighted by Crippen LogP contribution is 2.17. The molecule has 1 N–H and O–H groups in total. The van der Waals surface area contributed by atoms with E-state index in [9.17, 15) is 9.00 Å². The second kappa shape index (κ2) is 5.71. The van der Waals surface area contributed by atoms with Crippen molar-refractivity contribution in [3.05, 3.63) is 46.7 Å². The molecule has 1 heterocycles. The predicted octanol–water partition coefficient (Wildman–Crippen LogP) is 2.78. The molecule has 1 aromatic heterocycles. The highest BCUT2D eigenvalue weighted by Gasteiger charge is 2.11.